The maximum atomic E-state index is 5.87. The van der Waals surface area contributed by atoms with Gasteiger partial charge >= 0.3 is 0 Å². The Morgan fingerprint density at radius 3 is 2.07 bits per heavy atom. The first-order valence-electron chi connectivity index (χ1n) is 15.0. The van der Waals surface area contributed by atoms with Crippen molar-refractivity contribution in [1.82, 2.24) is 0 Å². The van der Waals surface area contributed by atoms with E-state index in [1.807, 2.05) is 35.6 Å². The number of nitrogen functional groups attached to an aromatic ring is 1. The highest BCUT2D eigenvalue weighted by Crippen LogP contribution is 2.43. The number of hydrogen-bond donors (Lipinski definition) is 1. The van der Waals surface area contributed by atoms with Crippen LogP contribution in [-0.4, -0.2) is 0 Å². The number of aryl methyl sites for hydroxylation is 1. The van der Waals surface area contributed by atoms with Crippen LogP contribution in [0.15, 0.2) is 158 Å². The average molecular weight is 584 g/mol. The first kappa shape index (κ1) is 27.6. The summed E-state index contributed by atoms with van der Waals surface area (Å²) in [6.45, 7) is 2.15. The zero-order valence-corrected chi connectivity index (χ0v) is 25.5. The third-order valence-electron chi connectivity index (χ3n) is 8.20. The van der Waals surface area contributed by atoms with Crippen molar-refractivity contribution < 1.29 is 0 Å². The topological polar surface area (TPSA) is 26.0 Å². The largest absolute Gasteiger partial charge is 0.398 e. The molecule has 0 amide bonds. The second-order valence-corrected chi connectivity index (χ2v) is 12.3. The van der Waals surface area contributed by atoms with Gasteiger partial charge < -0.3 is 5.73 Å². The van der Waals surface area contributed by atoms with Crippen molar-refractivity contribution in [2.45, 2.75) is 13.3 Å². The molecule has 0 aliphatic carbocycles. The van der Waals surface area contributed by atoms with Gasteiger partial charge in [0.2, 0.25) is 0 Å². The van der Waals surface area contributed by atoms with Crippen molar-refractivity contribution in [1.29, 1.82) is 0 Å². The summed E-state index contributed by atoms with van der Waals surface area (Å²) in [4.78, 5) is 0. The third kappa shape index (κ3) is 5.60. The van der Waals surface area contributed by atoms with E-state index in [1.165, 1.54) is 69.9 Å². The molecule has 1 aromatic heterocycles. The lowest BCUT2D eigenvalue weighted by Gasteiger charge is -2.08. The normalized spacial score (nSPS) is 11.0. The summed E-state index contributed by atoms with van der Waals surface area (Å²) in [6, 6.07) is 56.0. The lowest BCUT2D eigenvalue weighted by Crippen LogP contribution is -1.94. The SMILES string of the molecule is Cc1cccc(-c2cccc(-c3cccc4c3sc3ccc5ccccc5c34)c2)c1.Nc1ccccc1Cc1ccccc1. The fourth-order valence-electron chi connectivity index (χ4n) is 6.00. The van der Waals surface area contributed by atoms with Gasteiger partial charge in [-0.2, -0.15) is 0 Å². The molecule has 8 aromatic rings. The van der Waals surface area contributed by atoms with E-state index in [-0.39, 0.29) is 0 Å². The second kappa shape index (κ2) is 12.2. The fraction of sp³-hybridized carbons (Fsp3) is 0.0476. The van der Waals surface area contributed by atoms with Crippen LogP contribution in [0.4, 0.5) is 5.69 Å². The minimum Gasteiger partial charge on any atom is -0.398 e. The van der Waals surface area contributed by atoms with Crippen LogP contribution in [0.1, 0.15) is 16.7 Å². The maximum absolute atomic E-state index is 5.87. The van der Waals surface area contributed by atoms with Gasteiger partial charge in [0.15, 0.2) is 0 Å². The van der Waals surface area contributed by atoms with Gasteiger partial charge in [-0.15, -0.1) is 11.3 Å². The predicted molar refractivity (Wildman–Crippen MR) is 193 cm³/mol. The Morgan fingerprint density at radius 1 is 0.545 bits per heavy atom. The molecule has 0 aliphatic heterocycles. The zero-order chi connectivity index (χ0) is 29.9. The molecule has 0 fully saturated rings. The summed E-state index contributed by atoms with van der Waals surface area (Å²) in [5.74, 6) is 0. The highest BCUT2D eigenvalue weighted by Gasteiger charge is 2.13. The van der Waals surface area contributed by atoms with E-state index in [4.69, 9.17) is 5.73 Å². The van der Waals surface area contributed by atoms with Crippen molar-refractivity contribution in [2.75, 3.05) is 5.73 Å². The Labute approximate surface area is 262 Å². The molecule has 2 N–H and O–H groups in total. The number of thiophene rings is 1. The summed E-state index contributed by atoms with van der Waals surface area (Å²) in [5, 5.41) is 5.37. The molecule has 0 saturated heterocycles. The van der Waals surface area contributed by atoms with E-state index in [0.29, 0.717) is 0 Å². The number of fused-ring (bicyclic) bond motifs is 5. The van der Waals surface area contributed by atoms with Crippen LogP contribution in [0.2, 0.25) is 0 Å². The van der Waals surface area contributed by atoms with Crippen molar-refractivity contribution >= 4 is 48.0 Å². The Kier molecular flexibility index (Phi) is 7.67. The second-order valence-electron chi connectivity index (χ2n) is 11.3. The lowest BCUT2D eigenvalue weighted by atomic mass is 9.96. The van der Waals surface area contributed by atoms with Gasteiger partial charge in [-0.05, 0) is 75.7 Å². The molecule has 8 rings (SSSR count). The summed E-state index contributed by atoms with van der Waals surface area (Å²) < 4.78 is 2.72. The molecule has 0 atom stereocenters. The maximum Gasteiger partial charge on any atom is 0.0434 e. The molecule has 0 unspecified atom stereocenters. The van der Waals surface area contributed by atoms with Crippen LogP contribution in [0, 0.1) is 6.92 Å². The molecule has 0 bridgehead atoms. The Morgan fingerprint density at radius 2 is 1.23 bits per heavy atom. The van der Waals surface area contributed by atoms with E-state index < -0.39 is 0 Å². The van der Waals surface area contributed by atoms with Crippen LogP contribution in [0.5, 0.6) is 0 Å². The number of rotatable bonds is 4. The third-order valence-corrected chi connectivity index (χ3v) is 9.41. The van der Waals surface area contributed by atoms with E-state index >= 15 is 0 Å². The monoisotopic (exact) mass is 583 g/mol. The molecular formula is C42H33NS. The molecule has 0 spiro atoms. The van der Waals surface area contributed by atoms with Gasteiger partial charge in [0.25, 0.3) is 0 Å². The van der Waals surface area contributed by atoms with Crippen LogP contribution in [-0.2, 0) is 6.42 Å². The fourth-order valence-corrected chi connectivity index (χ4v) is 7.25. The van der Waals surface area contributed by atoms with Crippen molar-refractivity contribution in [3.8, 4) is 22.3 Å². The molecule has 1 heterocycles. The Bertz CT molecular complexity index is 2230. The standard InChI is InChI=1S/C29H20S.C13H13N/c1-19-7-4-9-21(17-19)22-10-5-11-23(18-22)25-13-6-14-26-28-24-12-3-2-8-20(24)15-16-27(28)30-29(25)26;14-13-9-5-4-8-12(13)10-11-6-2-1-3-7-11/h2-18H,1H3;1-9H,10,14H2. The highest BCUT2D eigenvalue weighted by molar-refractivity contribution is 7.26. The van der Waals surface area contributed by atoms with Crippen molar-refractivity contribution in [2.24, 2.45) is 0 Å². The summed E-state index contributed by atoms with van der Waals surface area (Å²) in [6.07, 6.45) is 0.910. The number of benzene rings is 7. The summed E-state index contributed by atoms with van der Waals surface area (Å²) in [7, 11) is 0. The van der Waals surface area contributed by atoms with Gasteiger partial charge in [0.1, 0.15) is 0 Å². The van der Waals surface area contributed by atoms with Crippen LogP contribution in [0.25, 0.3) is 53.2 Å². The molecule has 212 valence electrons. The predicted octanol–water partition coefficient (Wildman–Crippen LogP) is 11.7. The highest BCUT2D eigenvalue weighted by atomic mass is 32.1. The molecule has 1 nitrogen and oxygen atoms in total. The molecule has 7 aromatic carbocycles. The van der Waals surface area contributed by atoms with Gasteiger partial charge in [-0.3, -0.25) is 0 Å². The number of hydrogen-bond acceptors (Lipinski definition) is 2. The average Bonchev–Trinajstić information content (AvgIpc) is 3.46. The van der Waals surface area contributed by atoms with Crippen molar-refractivity contribution in [3.63, 3.8) is 0 Å². The Hall–Kier alpha value is -5.18. The minimum absolute atomic E-state index is 0.872. The Balaban J connectivity index is 0.000000187. The zero-order valence-electron chi connectivity index (χ0n) is 24.7. The van der Waals surface area contributed by atoms with Crippen LogP contribution in [0.3, 0.4) is 0 Å². The number of nitrogens with two attached hydrogens (primary N) is 1. The van der Waals surface area contributed by atoms with Gasteiger partial charge in [-0.1, -0.05) is 145 Å². The minimum atomic E-state index is 0.872. The van der Waals surface area contributed by atoms with Gasteiger partial charge in [0.05, 0.1) is 0 Å². The molecule has 0 radical (unpaired) electrons. The van der Waals surface area contributed by atoms with E-state index in [1.54, 1.807) is 0 Å². The first-order valence-corrected chi connectivity index (χ1v) is 15.8. The van der Waals surface area contributed by atoms with E-state index in [0.717, 1.165) is 12.1 Å². The lowest BCUT2D eigenvalue weighted by molar-refractivity contribution is 1.20. The van der Waals surface area contributed by atoms with E-state index in [9.17, 15) is 0 Å². The quantitative estimate of drug-likeness (QED) is 0.205. The van der Waals surface area contributed by atoms with E-state index in [2.05, 4.69) is 140 Å². The first-order chi connectivity index (χ1) is 21.6. The molecule has 44 heavy (non-hydrogen) atoms. The molecule has 2 heteroatoms. The van der Waals surface area contributed by atoms with Crippen molar-refractivity contribution in [3.05, 3.63) is 174 Å². The number of para-hydroxylation sites is 1. The number of anilines is 1. The molecule has 0 aliphatic rings. The molecular weight excluding hydrogens is 551 g/mol. The van der Waals surface area contributed by atoms with Crippen LogP contribution < -0.4 is 5.73 Å². The smallest absolute Gasteiger partial charge is 0.0434 e. The van der Waals surface area contributed by atoms with Gasteiger partial charge in [0, 0.05) is 25.9 Å². The summed E-state index contributed by atoms with van der Waals surface area (Å²) in [5.41, 5.74) is 15.6. The van der Waals surface area contributed by atoms with Crippen LogP contribution >= 0.6 is 11.3 Å². The molecule has 0 saturated carbocycles. The summed E-state index contributed by atoms with van der Waals surface area (Å²) >= 11 is 1.90. The van der Waals surface area contributed by atoms with Gasteiger partial charge in [-0.25, -0.2) is 0 Å².